The summed E-state index contributed by atoms with van der Waals surface area (Å²) in [4.78, 5) is 153. The summed E-state index contributed by atoms with van der Waals surface area (Å²) in [5.74, 6) is -13.3. The highest BCUT2D eigenvalue weighted by atomic mass is 16.5. The van der Waals surface area contributed by atoms with Gasteiger partial charge in [0.15, 0.2) is 0 Å². The molecule has 0 aromatic heterocycles. The molecule has 1 saturated heterocycles. The van der Waals surface area contributed by atoms with Gasteiger partial charge in [0.1, 0.15) is 60.5 Å². The molecule has 0 saturated carbocycles. The first-order chi connectivity index (χ1) is 37.5. The average molecular weight is 1140 g/mol. The molecule has 9 amide bonds. The largest absolute Gasteiger partial charge is 0.481 e. The summed E-state index contributed by atoms with van der Waals surface area (Å²) in [5.41, 5.74) is 0. The number of carboxylic acids is 1. The van der Waals surface area contributed by atoms with E-state index >= 15 is 0 Å². The van der Waals surface area contributed by atoms with Gasteiger partial charge in [-0.25, -0.2) is 4.79 Å². The van der Waals surface area contributed by atoms with E-state index < -0.39 is 170 Å². The number of carboxylic acid groups (broad SMARTS) is 1. The van der Waals surface area contributed by atoms with Crippen LogP contribution < -0.4 is 47.9 Å². The van der Waals surface area contributed by atoms with Crippen LogP contribution in [0.4, 0.5) is 0 Å². The summed E-state index contributed by atoms with van der Waals surface area (Å²) in [7, 11) is 0. The molecule has 1 aliphatic rings. The fourth-order valence-corrected chi connectivity index (χ4v) is 8.78. The van der Waals surface area contributed by atoms with Crippen molar-refractivity contribution < 1.29 is 77.9 Å². The molecular weight excluding hydrogens is 1040 g/mol. The molecule has 80 heavy (non-hydrogen) atoms. The lowest BCUT2D eigenvalue weighted by molar-refractivity contribution is -0.158. The van der Waals surface area contributed by atoms with Gasteiger partial charge in [-0.1, -0.05) is 121 Å². The number of hydrogen-bond donors (Lipinski definition) is 13. The van der Waals surface area contributed by atoms with Gasteiger partial charge in [0.2, 0.25) is 53.2 Å². The lowest BCUT2D eigenvalue weighted by Crippen LogP contribution is -2.64. The van der Waals surface area contributed by atoms with Crippen LogP contribution in [0.25, 0.3) is 0 Å². The van der Waals surface area contributed by atoms with Crippen molar-refractivity contribution >= 4 is 65.1 Å². The molecule has 458 valence electrons. The molecule has 0 bridgehead atoms. The van der Waals surface area contributed by atoms with Crippen LogP contribution in [-0.4, -0.2) is 165 Å². The predicted molar refractivity (Wildman–Crippen MR) is 295 cm³/mol. The van der Waals surface area contributed by atoms with Crippen LogP contribution in [0.3, 0.4) is 0 Å². The summed E-state index contributed by atoms with van der Waals surface area (Å²) >= 11 is 0. The number of unbranched alkanes of at least 4 members (excludes halogenated alkanes) is 4. The molecule has 1 heterocycles. The van der Waals surface area contributed by atoms with Gasteiger partial charge < -0.3 is 73.0 Å². The molecule has 0 unspecified atom stereocenters. The molecule has 1 rings (SSSR count). The maximum Gasteiger partial charge on any atom is 0.329 e. The Balaban J connectivity index is 4.04. The number of nitrogens with one attached hydrogen (secondary N) is 9. The molecule has 25 heteroatoms. The lowest BCUT2D eigenvalue weighted by Gasteiger charge is -2.32. The molecule has 0 aromatic rings. The normalized spacial score (nSPS) is 24.2. The Hall–Kier alpha value is -5.95. The Bertz CT molecular complexity index is 2040. The fraction of sp³-hybridized carbons (Fsp3) is 0.800. The van der Waals surface area contributed by atoms with E-state index in [0.29, 0.717) is 12.8 Å². The van der Waals surface area contributed by atoms with Gasteiger partial charge in [0.25, 0.3) is 0 Å². The molecule has 25 nitrogen and oxygen atoms in total. The number of ether oxygens (including phenoxy) is 1. The number of esters is 1. The first-order valence-corrected chi connectivity index (χ1v) is 28.6. The number of carbonyl (C=O) groups excluding carboxylic acids is 10. The number of aliphatic carboxylic acids is 1. The van der Waals surface area contributed by atoms with Gasteiger partial charge in [0.05, 0.1) is 25.7 Å². The highest BCUT2D eigenvalue weighted by Crippen LogP contribution is 2.17. The van der Waals surface area contributed by atoms with Gasteiger partial charge in [-0.15, -0.1) is 0 Å². The Morgan fingerprint density at radius 2 is 1.04 bits per heavy atom. The van der Waals surface area contributed by atoms with Crippen LogP contribution in [0.15, 0.2) is 0 Å². The first kappa shape index (κ1) is 72.1. The summed E-state index contributed by atoms with van der Waals surface area (Å²) in [6.07, 6.45) is 1.31. The maximum absolute atomic E-state index is 14.8. The number of carbonyl (C=O) groups is 11. The van der Waals surface area contributed by atoms with Gasteiger partial charge in [-0.05, 0) is 68.6 Å². The van der Waals surface area contributed by atoms with E-state index in [2.05, 4.69) is 54.8 Å². The van der Waals surface area contributed by atoms with Crippen LogP contribution in [-0.2, 0) is 57.5 Å². The van der Waals surface area contributed by atoms with Crippen LogP contribution in [0.5, 0.6) is 0 Å². The molecule has 13 N–H and O–H groups in total. The van der Waals surface area contributed by atoms with Crippen LogP contribution in [0, 0.1) is 29.6 Å². The summed E-state index contributed by atoms with van der Waals surface area (Å²) < 4.78 is 5.85. The monoisotopic (exact) mass is 1140 g/mol. The minimum absolute atomic E-state index is 0.00960. The molecule has 0 radical (unpaired) electrons. The van der Waals surface area contributed by atoms with Crippen molar-refractivity contribution in [1.29, 1.82) is 0 Å². The topological polar surface area (TPSA) is 386 Å². The van der Waals surface area contributed by atoms with E-state index in [0.717, 1.165) is 25.7 Å². The lowest BCUT2D eigenvalue weighted by atomic mass is 9.96. The fourth-order valence-electron chi connectivity index (χ4n) is 8.78. The van der Waals surface area contributed by atoms with Gasteiger partial charge in [-0.2, -0.15) is 0 Å². The summed E-state index contributed by atoms with van der Waals surface area (Å²) in [6, 6.07) is -14.1. The number of cyclic esters (lactones) is 1. The van der Waals surface area contributed by atoms with E-state index in [9.17, 15) is 73.2 Å². The Morgan fingerprint density at radius 3 is 1.52 bits per heavy atom. The van der Waals surface area contributed by atoms with Crippen LogP contribution >= 0.6 is 0 Å². The highest BCUT2D eigenvalue weighted by molar-refractivity contribution is 5.99. The summed E-state index contributed by atoms with van der Waals surface area (Å²) in [6.45, 7) is 18.5. The minimum atomic E-state index is -1.95. The van der Waals surface area contributed by atoms with Crippen LogP contribution in [0.2, 0.25) is 0 Å². The molecular formula is C55H97N9O16. The number of aliphatic hydroxyl groups is 3. The highest BCUT2D eigenvalue weighted by Gasteiger charge is 2.41. The Kier molecular flexibility index (Phi) is 33.5. The Labute approximate surface area is 471 Å². The van der Waals surface area contributed by atoms with E-state index in [-0.39, 0.29) is 56.3 Å². The van der Waals surface area contributed by atoms with E-state index in [4.69, 9.17) is 4.74 Å². The van der Waals surface area contributed by atoms with Crippen molar-refractivity contribution in [2.45, 2.75) is 240 Å². The molecule has 1 aliphatic heterocycles. The zero-order valence-corrected chi connectivity index (χ0v) is 49.2. The smallest absolute Gasteiger partial charge is 0.329 e. The predicted octanol–water partition coefficient (Wildman–Crippen LogP) is 0.486. The second kappa shape index (κ2) is 37.1. The van der Waals surface area contributed by atoms with Crippen molar-refractivity contribution in [3.8, 4) is 0 Å². The van der Waals surface area contributed by atoms with Crippen molar-refractivity contribution in [1.82, 2.24) is 47.9 Å². The van der Waals surface area contributed by atoms with Crippen molar-refractivity contribution in [2.75, 3.05) is 13.2 Å². The molecule has 13 atom stereocenters. The zero-order chi connectivity index (χ0) is 61.0. The molecule has 1 fully saturated rings. The van der Waals surface area contributed by atoms with Crippen LogP contribution in [0.1, 0.15) is 173 Å². The van der Waals surface area contributed by atoms with Crippen molar-refractivity contribution in [3.05, 3.63) is 0 Å². The Morgan fingerprint density at radius 1 is 0.562 bits per heavy atom. The van der Waals surface area contributed by atoms with E-state index in [1.165, 1.54) is 6.92 Å². The third kappa shape index (κ3) is 26.1. The molecule has 0 spiro atoms. The number of aliphatic hydroxyl groups excluding tert-OH is 3. The second-order valence-corrected chi connectivity index (χ2v) is 22.5. The number of amides is 9. The number of hydrogen-bond acceptors (Lipinski definition) is 15. The average Bonchev–Trinajstić information content (AvgIpc) is 3.38. The quantitative estimate of drug-likeness (QED) is 0.0374. The van der Waals surface area contributed by atoms with Gasteiger partial charge in [0, 0.05) is 6.42 Å². The van der Waals surface area contributed by atoms with E-state index in [1.807, 2.05) is 0 Å². The molecule has 0 aliphatic carbocycles. The number of rotatable bonds is 28. The SMILES string of the molecule is CCCCCCC[C@@H](O)CC(=O)N[C@@H](CC(C)C)C(=O)N[C@H](CCC(=O)O)C(=O)N[C@H]1C(=O)N[C@H]([C@@H](C)CC)C(=O)N[C@@H](CC(C)C)C(=O)N[C@@H](CO)C(=O)N[C@@H](CC(C)C)C(=O)N[C@H](CO)C(=O)N[C@@H]([C@@H](C)CC)C(=O)O[C@@H]1C. The molecule has 0 aromatic carbocycles. The first-order valence-electron chi connectivity index (χ1n) is 28.6. The summed E-state index contributed by atoms with van der Waals surface area (Å²) in [5, 5.41) is 63.7. The van der Waals surface area contributed by atoms with Gasteiger partial charge in [-0.3, -0.25) is 47.9 Å². The van der Waals surface area contributed by atoms with Crippen molar-refractivity contribution in [3.63, 3.8) is 0 Å². The van der Waals surface area contributed by atoms with E-state index in [1.54, 1.807) is 69.2 Å². The zero-order valence-electron chi connectivity index (χ0n) is 49.2. The van der Waals surface area contributed by atoms with Gasteiger partial charge >= 0.3 is 11.9 Å². The second-order valence-electron chi connectivity index (χ2n) is 22.5. The third-order valence-electron chi connectivity index (χ3n) is 13.9. The third-order valence-corrected chi connectivity index (χ3v) is 13.9. The maximum atomic E-state index is 14.8. The standard InChI is InChI=1S/C55H97N9O16/c1-13-16-17-18-19-20-35(67)26-42(68)56-37(23-29(4)5)48(72)57-36(21-22-43(69)70)47(71)64-46-34(12)80-55(79)45(33(11)15-3)63-52(76)41(28-66)61-49(73)38(24-30(6)7)58-51(75)40(27-65)60-50(74)39(25-31(8)9)59-53(77)44(32(10)14-2)62-54(46)78/h29-41,44-46,65-67H,13-28H2,1-12H3,(H,56,68)(H,57,72)(H,58,75)(H,59,77)(H,60,74)(H,61,73)(H,62,78)(H,63,76)(H,64,71)(H,69,70)/t32-,33-,34+,35+,36+,37-,38-,39-,40-,41+,44+,45-,46+/m0/s1. The minimum Gasteiger partial charge on any atom is -0.481 e. The van der Waals surface area contributed by atoms with Crippen molar-refractivity contribution in [2.24, 2.45) is 29.6 Å².